The van der Waals surface area contributed by atoms with Crippen molar-refractivity contribution in [3.8, 4) is 0 Å². The van der Waals surface area contributed by atoms with Crippen LogP contribution in [0.2, 0.25) is 0 Å². The molecule has 0 bridgehead atoms. The van der Waals surface area contributed by atoms with Crippen molar-refractivity contribution < 1.29 is 13.5 Å². The number of hydrogen-bond acceptors (Lipinski definition) is 2. The number of ether oxygens (including phenoxy) is 1. The summed E-state index contributed by atoms with van der Waals surface area (Å²) in [7, 11) is 0. The molecule has 1 aromatic rings. The lowest BCUT2D eigenvalue weighted by molar-refractivity contribution is 0.0875. The summed E-state index contributed by atoms with van der Waals surface area (Å²) in [5, 5.41) is 3.24. The fourth-order valence-corrected chi connectivity index (χ4v) is 2.25. The highest BCUT2D eigenvalue weighted by atomic mass is 19.1. The van der Waals surface area contributed by atoms with Crippen molar-refractivity contribution in [3.05, 3.63) is 35.4 Å². The lowest BCUT2D eigenvalue weighted by Crippen LogP contribution is -2.25. The average molecular weight is 241 g/mol. The van der Waals surface area contributed by atoms with Crippen molar-refractivity contribution in [3.63, 3.8) is 0 Å². The standard InChI is InChI=1S/C13H17F2NO/c1-2-16-8-9-5-6-17-13(9)11-4-3-10(14)7-12(11)15/h3-4,7,9,13,16H,2,5-6,8H2,1H3. The van der Waals surface area contributed by atoms with Gasteiger partial charge in [-0.05, 0) is 19.0 Å². The Morgan fingerprint density at radius 3 is 2.94 bits per heavy atom. The zero-order chi connectivity index (χ0) is 12.3. The van der Waals surface area contributed by atoms with Crippen LogP contribution in [0.1, 0.15) is 25.0 Å². The van der Waals surface area contributed by atoms with Gasteiger partial charge in [-0.15, -0.1) is 0 Å². The van der Waals surface area contributed by atoms with Crippen LogP contribution in [-0.2, 0) is 4.74 Å². The molecule has 0 saturated carbocycles. The second-order valence-electron chi connectivity index (χ2n) is 4.31. The summed E-state index contributed by atoms with van der Waals surface area (Å²) in [6.45, 7) is 4.36. The molecular formula is C13H17F2NO. The van der Waals surface area contributed by atoms with Crippen LogP contribution < -0.4 is 5.32 Å². The minimum Gasteiger partial charge on any atom is -0.373 e. The van der Waals surface area contributed by atoms with Crippen molar-refractivity contribution in [2.45, 2.75) is 19.4 Å². The zero-order valence-electron chi connectivity index (χ0n) is 9.88. The average Bonchev–Trinajstić information content (AvgIpc) is 2.74. The van der Waals surface area contributed by atoms with E-state index in [-0.39, 0.29) is 12.0 Å². The van der Waals surface area contributed by atoms with Gasteiger partial charge in [0.2, 0.25) is 0 Å². The third-order valence-electron chi connectivity index (χ3n) is 3.14. The van der Waals surface area contributed by atoms with Gasteiger partial charge in [0, 0.05) is 30.7 Å². The topological polar surface area (TPSA) is 21.3 Å². The predicted molar refractivity (Wildman–Crippen MR) is 61.7 cm³/mol. The molecule has 1 aliphatic rings. The number of halogens is 2. The molecule has 1 aromatic carbocycles. The first-order valence-electron chi connectivity index (χ1n) is 5.99. The fourth-order valence-electron chi connectivity index (χ4n) is 2.25. The third-order valence-corrected chi connectivity index (χ3v) is 3.14. The van der Waals surface area contributed by atoms with Crippen LogP contribution in [-0.4, -0.2) is 19.7 Å². The SMILES string of the molecule is CCNCC1CCOC1c1ccc(F)cc1F. The van der Waals surface area contributed by atoms with Gasteiger partial charge in [0.05, 0.1) is 6.10 Å². The van der Waals surface area contributed by atoms with Gasteiger partial charge in [-0.1, -0.05) is 13.0 Å². The Kier molecular flexibility index (Phi) is 4.07. The molecule has 0 aliphatic carbocycles. The van der Waals surface area contributed by atoms with Crippen LogP contribution >= 0.6 is 0 Å². The first-order valence-corrected chi connectivity index (χ1v) is 5.99. The molecule has 94 valence electrons. The lowest BCUT2D eigenvalue weighted by atomic mass is 9.95. The van der Waals surface area contributed by atoms with E-state index in [1.807, 2.05) is 6.92 Å². The summed E-state index contributed by atoms with van der Waals surface area (Å²) < 4.78 is 32.1. The molecule has 1 heterocycles. The summed E-state index contributed by atoms with van der Waals surface area (Å²) in [5.41, 5.74) is 0.465. The van der Waals surface area contributed by atoms with Gasteiger partial charge in [-0.3, -0.25) is 0 Å². The van der Waals surface area contributed by atoms with Gasteiger partial charge < -0.3 is 10.1 Å². The molecule has 0 amide bonds. The molecule has 1 fully saturated rings. The molecule has 0 aromatic heterocycles. The highest BCUT2D eigenvalue weighted by Crippen LogP contribution is 2.35. The number of nitrogens with one attached hydrogen (secondary N) is 1. The summed E-state index contributed by atoms with van der Waals surface area (Å²) in [5.74, 6) is -0.805. The van der Waals surface area contributed by atoms with Crippen molar-refractivity contribution in [1.82, 2.24) is 5.32 Å². The van der Waals surface area contributed by atoms with Crippen molar-refractivity contribution in [2.75, 3.05) is 19.7 Å². The number of hydrogen-bond donors (Lipinski definition) is 1. The molecule has 1 aliphatic heterocycles. The first kappa shape index (κ1) is 12.5. The van der Waals surface area contributed by atoms with Gasteiger partial charge in [0.25, 0.3) is 0 Å². The van der Waals surface area contributed by atoms with Crippen LogP contribution in [0.15, 0.2) is 18.2 Å². The molecule has 2 atom stereocenters. The normalized spacial score (nSPS) is 24.2. The minimum atomic E-state index is -0.549. The molecule has 17 heavy (non-hydrogen) atoms. The maximum Gasteiger partial charge on any atom is 0.131 e. The van der Waals surface area contributed by atoms with Crippen LogP contribution in [0.5, 0.6) is 0 Å². The maximum absolute atomic E-state index is 13.7. The van der Waals surface area contributed by atoms with E-state index in [1.165, 1.54) is 12.1 Å². The van der Waals surface area contributed by atoms with E-state index in [9.17, 15) is 8.78 Å². The van der Waals surface area contributed by atoms with E-state index < -0.39 is 11.6 Å². The highest BCUT2D eigenvalue weighted by Gasteiger charge is 2.31. The molecule has 0 spiro atoms. The lowest BCUT2D eigenvalue weighted by Gasteiger charge is -2.19. The van der Waals surface area contributed by atoms with Crippen LogP contribution in [0.3, 0.4) is 0 Å². The predicted octanol–water partition coefficient (Wildman–Crippen LogP) is 2.65. The van der Waals surface area contributed by atoms with Crippen molar-refractivity contribution >= 4 is 0 Å². The molecule has 2 rings (SSSR count). The Morgan fingerprint density at radius 2 is 2.24 bits per heavy atom. The zero-order valence-corrected chi connectivity index (χ0v) is 9.88. The largest absolute Gasteiger partial charge is 0.373 e. The highest BCUT2D eigenvalue weighted by molar-refractivity contribution is 5.22. The number of benzene rings is 1. The second-order valence-corrected chi connectivity index (χ2v) is 4.31. The van der Waals surface area contributed by atoms with Gasteiger partial charge in [0.15, 0.2) is 0 Å². The van der Waals surface area contributed by atoms with Gasteiger partial charge >= 0.3 is 0 Å². The Bertz CT molecular complexity index is 384. The molecule has 4 heteroatoms. The summed E-state index contributed by atoms with van der Waals surface area (Å²) in [4.78, 5) is 0. The van der Waals surface area contributed by atoms with E-state index >= 15 is 0 Å². The van der Waals surface area contributed by atoms with E-state index in [2.05, 4.69) is 5.32 Å². The van der Waals surface area contributed by atoms with E-state index in [0.717, 1.165) is 25.6 Å². The Hall–Kier alpha value is -1.00. The Balaban J connectivity index is 2.14. The molecule has 1 N–H and O–H groups in total. The molecule has 2 nitrogen and oxygen atoms in total. The summed E-state index contributed by atoms with van der Waals surface area (Å²) in [6, 6.07) is 3.69. The van der Waals surface area contributed by atoms with Crippen LogP contribution in [0.25, 0.3) is 0 Å². The number of rotatable bonds is 4. The van der Waals surface area contributed by atoms with E-state index in [0.29, 0.717) is 12.2 Å². The van der Waals surface area contributed by atoms with Crippen LogP contribution in [0.4, 0.5) is 8.78 Å². The maximum atomic E-state index is 13.7. The Morgan fingerprint density at radius 1 is 1.41 bits per heavy atom. The fraction of sp³-hybridized carbons (Fsp3) is 0.538. The second kappa shape index (κ2) is 5.56. The molecule has 2 unspecified atom stereocenters. The molecule has 1 saturated heterocycles. The molecular weight excluding hydrogens is 224 g/mol. The van der Waals surface area contributed by atoms with Crippen LogP contribution in [0, 0.1) is 17.6 Å². The Labute approximate surface area is 100.0 Å². The van der Waals surface area contributed by atoms with Gasteiger partial charge in [-0.2, -0.15) is 0 Å². The quantitative estimate of drug-likeness (QED) is 0.875. The van der Waals surface area contributed by atoms with Crippen molar-refractivity contribution in [2.24, 2.45) is 5.92 Å². The minimum absolute atomic E-state index is 0.255. The summed E-state index contributed by atoms with van der Waals surface area (Å²) >= 11 is 0. The third kappa shape index (κ3) is 2.82. The smallest absolute Gasteiger partial charge is 0.131 e. The van der Waals surface area contributed by atoms with E-state index in [1.54, 1.807) is 0 Å². The molecule has 0 radical (unpaired) electrons. The summed E-state index contributed by atoms with van der Waals surface area (Å²) in [6.07, 6.45) is 0.656. The van der Waals surface area contributed by atoms with Gasteiger partial charge in [-0.25, -0.2) is 8.78 Å². The first-order chi connectivity index (χ1) is 8.22. The van der Waals surface area contributed by atoms with Crippen molar-refractivity contribution in [1.29, 1.82) is 0 Å². The van der Waals surface area contributed by atoms with E-state index in [4.69, 9.17) is 4.74 Å². The van der Waals surface area contributed by atoms with Gasteiger partial charge in [0.1, 0.15) is 11.6 Å². The monoisotopic (exact) mass is 241 g/mol.